The van der Waals surface area contributed by atoms with E-state index in [0.717, 1.165) is 0 Å². The van der Waals surface area contributed by atoms with Gasteiger partial charge in [-0.1, -0.05) is 0 Å². The van der Waals surface area contributed by atoms with E-state index in [-0.39, 0.29) is 5.88 Å². The van der Waals surface area contributed by atoms with Gasteiger partial charge in [-0.15, -0.1) is 11.6 Å². The summed E-state index contributed by atoms with van der Waals surface area (Å²) in [4.78, 5) is 3.88. The van der Waals surface area contributed by atoms with Crippen molar-refractivity contribution in [2.24, 2.45) is 0 Å². The Morgan fingerprint density at radius 3 is 2.90 bits per heavy atom. The van der Waals surface area contributed by atoms with Gasteiger partial charge in [0.25, 0.3) is 0 Å². The molecule has 1 N–H and O–H groups in total. The van der Waals surface area contributed by atoms with E-state index in [1.807, 2.05) is 0 Å². The lowest BCUT2D eigenvalue weighted by Gasteiger charge is -1.93. The summed E-state index contributed by atoms with van der Waals surface area (Å²) in [5, 5.41) is 8.97. The lowest BCUT2D eigenvalue weighted by Crippen LogP contribution is -1.90. The van der Waals surface area contributed by atoms with Gasteiger partial charge in [-0.25, -0.2) is 4.98 Å². The Kier molecular flexibility index (Phi) is 2.29. The van der Waals surface area contributed by atoms with Crippen LogP contribution in [-0.4, -0.2) is 10.1 Å². The zero-order valence-electron chi connectivity index (χ0n) is 5.54. The lowest BCUT2D eigenvalue weighted by molar-refractivity contribution is 0.194. The summed E-state index contributed by atoms with van der Waals surface area (Å²) in [7, 11) is 0. The highest BCUT2D eigenvalue weighted by Crippen LogP contribution is 2.11. The monoisotopic (exact) mass is 161 g/mol. The average molecular weight is 162 g/mol. The highest BCUT2D eigenvalue weighted by atomic mass is 35.5. The number of hydrogen-bond acceptors (Lipinski definition) is 3. The Morgan fingerprint density at radius 2 is 2.60 bits per heavy atom. The fourth-order valence-electron chi connectivity index (χ4n) is 0.578. The number of oxazole rings is 1. The molecule has 0 aliphatic rings. The number of aliphatic hydroxyl groups excluding tert-OH is 1. The normalized spacial score (nSPS) is 13.5. The maximum Gasteiger partial charge on any atom is 0.209 e. The zero-order chi connectivity index (χ0) is 7.56. The first-order chi connectivity index (χ1) is 4.74. The van der Waals surface area contributed by atoms with Crippen LogP contribution in [0.5, 0.6) is 0 Å². The van der Waals surface area contributed by atoms with Crippen LogP contribution >= 0.6 is 11.6 Å². The van der Waals surface area contributed by atoms with Crippen molar-refractivity contribution >= 4 is 11.6 Å². The van der Waals surface area contributed by atoms with Crippen LogP contribution in [0.15, 0.2) is 10.7 Å². The van der Waals surface area contributed by atoms with Gasteiger partial charge in [0.15, 0.2) is 0 Å². The Labute approximate surface area is 63.6 Å². The minimum Gasteiger partial charge on any atom is -0.447 e. The van der Waals surface area contributed by atoms with Gasteiger partial charge in [-0.2, -0.15) is 0 Å². The number of aliphatic hydroxyl groups is 1. The van der Waals surface area contributed by atoms with Crippen molar-refractivity contribution in [1.29, 1.82) is 0 Å². The maximum atomic E-state index is 8.97. The molecular weight excluding hydrogens is 154 g/mol. The third kappa shape index (κ3) is 1.49. The molecule has 56 valence electrons. The van der Waals surface area contributed by atoms with Crippen LogP contribution < -0.4 is 0 Å². The highest BCUT2D eigenvalue weighted by molar-refractivity contribution is 6.16. The summed E-state index contributed by atoms with van der Waals surface area (Å²) in [5.41, 5.74) is 0.524. The Morgan fingerprint density at radius 1 is 1.90 bits per heavy atom. The summed E-state index contributed by atoms with van der Waals surface area (Å²) < 4.78 is 4.87. The molecular formula is C6H8ClNO2. The Bertz CT molecular complexity index is 209. The number of rotatable bonds is 2. The third-order valence-corrected chi connectivity index (χ3v) is 1.34. The molecule has 0 aliphatic carbocycles. The number of halogens is 1. The SMILES string of the molecule is CC(O)c1coc(CCl)n1. The van der Waals surface area contributed by atoms with E-state index >= 15 is 0 Å². The highest BCUT2D eigenvalue weighted by Gasteiger charge is 2.06. The quantitative estimate of drug-likeness (QED) is 0.669. The standard InChI is InChI=1S/C6H8ClNO2/c1-4(9)5-3-10-6(2-7)8-5/h3-4,9H,2H2,1H3. The summed E-state index contributed by atoms with van der Waals surface area (Å²) >= 11 is 5.41. The van der Waals surface area contributed by atoms with Crippen molar-refractivity contribution in [3.8, 4) is 0 Å². The van der Waals surface area contributed by atoms with Crippen molar-refractivity contribution in [1.82, 2.24) is 4.98 Å². The second-order valence-electron chi connectivity index (χ2n) is 1.98. The predicted molar refractivity (Wildman–Crippen MR) is 36.7 cm³/mol. The molecule has 0 fully saturated rings. The molecule has 1 aromatic rings. The van der Waals surface area contributed by atoms with Crippen molar-refractivity contribution in [2.45, 2.75) is 18.9 Å². The van der Waals surface area contributed by atoms with Gasteiger partial charge in [0.05, 0.1) is 12.0 Å². The molecule has 0 amide bonds. The smallest absolute Gasteiger partial charge is 0.209 e. The van der Waals surface area contributed by atoms with Crippen LogP contribution in [0.3, 0.4) is 0 Å². The van der Waals surface area contributed by atoms with E-state index in [1.165, 1.54) is 6.26 Å². The van der Waals surface area contributed by atoms with Gasteiger partial charge in [-0.05, 0) is 6.92 Å². The molecule has 0 radical (unpaired) electrons. The molecule has 0 aromatic carbocycles. The second-order valence-corrected chi connectivity index (χ2v) is 2.24. The maximum absolute atomic E-state index is 8.97. The molecule has 4 heteroatoms. The van der Waals surface area contributed by atoms with E-state index in [0.29, 0.717) is 11.6 Å². The van der Waals surface area contributed by atoms with Crippen LogP contribution in [0.4, 0.5) is 0 Å². The summed E-state index contributed by atoms with van der Waals surface area (Å²) in [5.74, 6) is 0.685. The molecule has 0 saturated carbocycles. The third-order valence-electron chi connectivity index (χ3n) is 1.11. The van der Waals surface area contributed by atoms with E-state index in [4.69, 9.17) is 21.1 Å². The second kappa shape index (κ2) is 3.03. The van der Waals surface area contributed by atoms with Crippen LogP contribution in [-0.2, 0) is 5.88 Å². The molecule has 0 saturated heterocycles. The van der Waals surface area contributed by atoms with Gasteiger partial charge < -0.3 is 9.52 Å². The largest absolute Gasteiger partial charge is 0.447 e. The van der Waals surface area contributed by atoms with Gasteiger partial charge in [-0.3, -0.25) is 0 Å². The molecule has 1 unspecified atom stereocenters. The van der Waals surface area contributed by atoms with Crippen molar-refractivity contribution < 1.29 is 9.52 Å². The number of aromatic nitrogens is 1. The van der Waals surface area contributed by atoms with E-state index in [9.17, 15) is 0 Å². The molecule has 3 nitrogen and oxygen atoms in total. The summed E-state index contributed by atoms with van der Waals surface area (Å²) in [6.45, 7) is 1.62. The van der Waals surface area contributed by atoms with Crippen molar-refractivity contribution in [2.75, 3.05) is 0 Å². The molecule has 1 atom stereocenters. The predicted octanol–water partition coefficient (Wildman–Crippen LogP) is 1.47. The number of nitrogens with zero attached hydrogens (tertiary/aromatic N) is 1. The van der Waals surface area contributed by atoms with Gasteiger partial charge in [0, 0.05) is 0 Å². The first-order valence-electron chi connectivity index (χ1n) is 2.92. The summed E-state index contributed by atoms with van der Waals surface area (Å²) in [6, 6.07) is 0. The molecule has 0 bridgehead atoms. The average Bonchev–Trinajstić information content (AvgIpc) is 2.34. The van der Waals surface area contributed by atoms with Crippen molar-refractivity contribution in [3.63, 3.8) is 0 Å². The lowest BCUT2D eigenvalue weighted by atomic mass is 10.3. The van der Waals surface area contributed by atoms with Gasteiger partial charge in [0.1, 0.15) is 12.0 Å². The zero-order valence-corrected chi connectivity index (χ0v) is 6.30. The van der Waals surface area contributed by atoms with Crippen LogP contribution in [0.1, 0.15) is 24.6 Å². The molecule has 1 heterocycles. The Hall–Kier alpha value is -0.540. The number of alkyl halides is 1. The fraction of sp³-hybridized carbons (Fsp3) is 0.500. The van der Waals surface area contributed by atoms with Crippen LogP contribution in [0, 0.1) is 0 Å². The summed E-state index contributed by atoms with van der Waals surface area (Å²) in [6.07, 6.45) is 0.822. The fourth-order valence-corrected chi connectivity index (χ4v) is 0.701. The Balaban J connectivity index is 2.78. The topological polar surface area (TPSA) is 46.3 Å². The molecule has 1 aromatic heterocycles. The van der Waals surface area contributed by atoms with E-state index < -0.39 is 6.10 Å². The van der Waals surface area contributed by atoms with Gasteiger partial charge >= 0.3 is 0 Å². The van der Waals surface area contributed by atoms with Gasteiger partial charge in [0.2, 0.25) is 5.89 Å². The molecule has 0 spiro atoms. The van der Waals surface area contributed by atoms with Crippen LogP contribution in [0.2, 0.25) is 0 Å². The molecule has 0 aliphatic heterocycles. The van der Waals surface area contributed by atoms with Crippen molar-refractivity contribution in [3.05, 3.63) is 17.8 Å². The van der Waals surface area contributed by atoms with E-state index in [2.05, 4.69) is 4.98 Å². The molecule has 10 heavy (non-hydrogen) atoms. The molecule has 1 rings (SSSR count). The van der Waals surface area contributed by atoms with Crippen LogP contribution in [0.25, 0.3) is 0 Å². The number of hydrogen-bond donors (Lipinski definition) is 1. The first kappa shape index (κ1) is 7.57. The minimum absolute atomic E-state index is 0.243. The minimum atomic E-state index is -0.583. The van der Waals surface area contributed by atoms with E-state index in [1.54, 1.807) is 6.92 Å². The first-order valence-corrected chi connectivity index (χ1v) is 3.46.